The normalized spacial score (nSPS) is 11.1. The minimum absolute atomic E-state index is 0.0299. The highest BCUT2D eigenvalue weighted by Crippen LogP contribution is 2.28. The van der Waals surface area contributed by atoms with Crippen LogP contribution in [0.4, 0.5) is 0 Å². The van der Waals surface area contributed by atoms with Crippen LogP contribution >= 0.6 is 11.3 Å². The zero-order valence-corrected chi connectivity index (χ0v) is 12.4. The second-order valence-electron chi connectivity index (χ2n) is 4.67. The number of aromatic nitrogens is 2. The number of aryl methyl sites for hydroxylation is 1. The summed E-state index contributed by atoms with van der Waals surface area (Å²) < 4.78 is 1.62. The molecule has 0 aliphatic carbocycles. The fraction of sp³-hybridized carbons (Fsp3) is 0.0588. The molecular weight excluding hydrogens is 280 g/mol. The van der Waals surface area contributed by atoms with Crippen LogP contribution in [-0.4, -0.2) is 15.6 Å². The summed E-state index contributed by atoms with van der Waals surface area (Å²) in [6.07, 6.45) is 6.75. The minimum atomic E-state index is -0.0299. The van der Waals surface area contributed by atoms with Crippen LogP contribution in [-0.2, 0) is 7.05 Å². The van der Waals surface area contributed by atoms with E-state index in [1.165, 1.54) is 10.4 Å². The van der Waals surface area contributed by atoms with Gasteiger partial charge in [0, 0.05) is 23.0 Å². The summed E-state index contributed by atoms with van der Waals surface area (Å²) in [4.78, 5) is 14.2. The van der Waals surface area contributed by atoms with Crippen molar-refractivity contribution in [1.29, 1.82) is 0 Å². The van der Waals surface area contributed by atoms with Crippen molar-refractivity contribution in [1.82, 2.24) is 9.78 Å². The van der Waals surface area contributed by atoms with Gasteiger partial charge in [0.25, 0.3) is 0 Å². The molecule has 3 nitrogen and oxygen atoms in total. The summed E-state index contributed by atoms with van der Waals surface area (Å²) in [7, 11) is 1.80. The van der Waals surface area contributed by atoms with Crippen LogP contribution in [0.1, 0.15) is 15.2 Å². The van der Waals surface area contributed by atoms with Crippen LogP contribution in [0.5, 0.6) is 0 Å². The van der Waals surface area contributed by atoms with Gasteiger partial charge in [-0.25, -0.2) is 0 Å². The van der Waals surface area contributed by atoms with Gasteiger partial charge in [0.1, 0.15) is 0 Å². The SMILES string of the molecule is Cn1cc(C(=O)C=Cc2ccc(-c3ccccc3)s2)cn1. The Morgan fingerprint density at radius 1 is 1.19 bits per heavy atom. The summed E-state index contributed by atoms with van der Waals surface area (Å²) in [5.74, 6) is -0.0299. The van der Waals surface area contributed by atoms with Gasteiger partial charge in [-0.2, -0.15) is 5.10 Å². The fourth-order valence-corrected chi connectivity index (χ4v) is 2.92. The number of benzene rings is 1. The number of carbonyl (C=O) groups excluding carboxylic acids is 1. The minimum Gasteiger partial charge on any atom is -0.289 e. The maximum absolute atomic E-state index is 12.0. The highest BCUT2D eigenvalue weighted by Gasteiger charge is 2.04. The molecule has 0 radical (unpaired) electrons. The molecular formula is C17H14N2OS. The van der Waals surface area contributed by atoms with Gasteiger partial charge in [0.05, 0.1) is 11.8 Å². The maximum Gasteiger partial charge on any atom is 0.189 e. The molecule has 4 heteroatoms. The van der Waals surface area contributed by atoms with Gasteiger partial charge in [-0.05, 0) is 29.8 Å². The molecule has 0 saturated carbocycles. The molecule has 21 heavy (non-hydrogen) atoms. The number of ketones is 1. The monoisotopic (exact) mass is 294 g/mol. The summed E-state index contributed by atoms with van der Waals surface area (Å²) in [5, 5.41) is 4.00. The zero-order chi connectivity index (χ0) is 14.7. The Bertz CT molecular complexity index is 784. The first-order valence-corrected chi connectivity index (χ1v) is 7.40. The quantitative estimate of drug-likeness (QED) is 0.537. The Balaban J connectivity index is 1.75. The van der Waals surface area contributed by atoms with Crippen molar-refractivity contribution < 1.29 is 4.79 Å². The van der Waals surface area contributed by atoms with Gasteiger partial charge < -0.3 is 0 Å². The van der Waals surface area contributed by atoms with E-state index in [9.17, 15) is 4.79 Å². The third-order valence-corrected chi connectivity index (χ3v) is 4.17. The standard InChI is InChI=1S/C17H14N2OS/c1-19-12-14(11-18-19)16(20)9-7-15-8-10-17(21-15)13-5-3-2-4-6-13/h2-12H,1H3. The third kappa shape index (κ3) is 3.17. The maximum atomic E-state index is 12.0. The van der Waals surface area contributed by atoms with Crippen molar-refractivity contribution >= 4 is 23.2 Å². The highest BCUT2D eigenvalue weighted by atomic mass is 32.1. The predicted molar refractivity (Wildman–Crippen MR) is 86.3 cm³/mol. The molecule has 0 spiro atoms. The Morgan fingerprint density at radius 3 is 2.71 bits per heavy atom. The molecule has 2 heterocycles. The van der Waals surface area contributed by atoms with Crippen molar-refractivity contribution in [2.75, 3.05) is 0 Å². The van der Waals surface area contributed by atoms with Crippen molar-refractivity contribution in [3.63, 3.8) is 0 Å². The van der Waals surface area contributed by atoms with Crippen molar-refractivity contribution in [3.05, 3.63) is 71.4 Å². The van der Waals surface area contributed by atoms with Gasteiger partial charge in [0.15, 0.2) is 5.78 Å². The molecule has 1 aromatic carbocycles. The molecule has 0 N–H and O–H groups in total. The Hall–Kier alpha value is -2.46. The number of carbonyl (C=O) groups is 1. The molecule has 0 saturated heterocycles. The van der Waals surface area contributed by atoms with E-state index in [1.54, 1.807) is 41.5 Å². The van der Waals surface area contributed by atoms with E-state index >= 15 is 0 Å². The van der Waals surface area contributed by atoms with Crippen LogP contribution in [0.2, 0.25) is 0 Å². The molecule has 3 rings (SSSR count). The second kappa shape index (κ2) is 5.89. The smallest absolute Gasteiger partial charge is 0.189 e. The topological polar surface area (TPSA) is 34.9 Å². The molecule has 0 aliphatic heterocycles. The van der Waals surface area contributed by atoms with Crippen LogP contribution in [0, 0.1) is 0 Å². The summed E-state index contributed by atoms with van der Waals surface area (Å²) >= 11 is 1.67. The summed E-state index contributed by atoms with van der Waals surface area (Å²) in [6.45, 7) is 0. The molecule has 104 valence electrons. The summed E-state index contributed by atoms with van der Waals surface area (Å²) in [5.41, 5.74) is 1.80. The van der Waals surface area contributed by atoms with E-state index in [0.717, 1.165) is 4.88 Å². The average Bonchev–Trinajstić information content (AvgIpc) is 3.15. The van der Waals surface area contributed by atoms with Gasteiger partial charge in [-0.3, -0.25) is 9.48 Å². The van der Waals surface area contributed by atoms with E-state index in [2.05, 4.69) is 23.3 Å². The molecule has 0 amide bonds. The first kappa shape index (κ1) is 13.5. The van der Waals surface area contributed by atoms with Crippen molar-refractivity contribution in [3.8, 4) is 10.4 Å². The predicted octanol–water partition coefficient (Wildman–Crippen LogP) is 4.04. The van der Waals surface area contributed by atoms with Crippen LogP contribution in [0.3, 0.4) is 0 Å². The van der Waals surface area contributed by atoms with Gasteiger partial charge in [0.2, 0.25) is 0 Å². The van der Waals surface area contributed by atoms with E-state index < -0.39 is 0 Å². The highest BCUT2D eigenvalue weighted by molar-refractivity contribution is 7.16. The van der Waals surface area contributed by atoms with E-state index in [0.29, 0.717) is 5.56 Å². The van der Waals surface area contributed by atoms with E-state index in [-0.39, 0.29) is 5.78 Å². The number of nitrogens with zero attached hydrogens (tertiary/aromatic N) is 2. The van der Waals surface area contributed by atoms with Crippen LogP contribution in [0.15, 0.2) is 60.9 Å². The van der Waals surface area contributed by atoms with Crippen molar-refractivity contribution in [2.24, 2.45) is 7.05 Å². The number of thiophene rings is 1. The van der Waals surface area contributed by atoms with Gasteiger partial charge >= 0.3 is 0 Å². The van der Waals surface area contributed by atoms with Gasteiger partial charge in [-0.15, -0.1) is 11.3 Å². The number of rotatable bonds is 4. The Kier molecular flexibility index (Phi) is 3.79. The lowest BCUT2D eigenvalue weighted by molar-refractivity contribution is 0.104. The molecule has 3 aromatic rings. The lowest BCUT2D eigenvalue weighted by atomic mass is 10.2. The first-order valence-electron chi connectivity index (χ1n) is 6.59. The second-order valence-corrected chi connectivity index (χ2v) is 5.78. The van der Waals surface area contributed by atoms with Gasteiger partial charge in [-0.1, -0.05) is 30.3 Å². The van der Waals surface area contributed by atoms with E-state index in [4.69, 9.17) is 0 Å². The lowest BCUT2D eigenvalue weighted by Gasteiger charge is -1.94. The van der Waals surface area contributed by atoms with E-state index in [1.807, 2.05) is 30.3 Å². The number of hydrogen-bond donors (Lipinski definition) is 0. The van der Waals surface area contributed by atoms with Crippen LogP contribution < -0.4 is 0 Å². The Labute approximate surface area is 127 Å². The zero-order valence-electron chi connectivity index (χ0n) is 11.6. The lowest BCUT2D eigenvalue weighted by Crippen LogP contribution is -1.91. The fourth-order valence-electron chi connectivity index (χ4n) is 2.00. The first-order chi connectivity index (χ1) is 10.2. The number of allylic oxidation sites excluding steroid dienone is 1. The Morgan fingerprint density at radius 2 is 2.00 bits per heavy atom. The summed E-state index contributed by atoms with van der Waals surface area (Å²) in [6, 6.07) is 14.3. The molecule has 0 unspecified atom stereocenters. The number of hydrogen-bond acceptors (Lipinski definition) is 3. The third-order valence-electron chi connectivity index (χ3n) is 3.07. The molecule has 0 aliphatic rings. The molecule has 0 atom stereocenters. The molecule has 2 aromatic heterocycles. The average molecular weight is 294 g/mol. The molecule has 0 fully saturated rings. The molecule has 0 bridgehead atoms. The largest absolute Gasteiger partial charge is 0.289 e. The van der Waals surface area contributed by atoms with Crippen LogP contribution in [0.25, 0.3) is 16.5 Å². The van der Waals surface area contributed by atoms with Crippen molar-refractivity contribution in [2.45, 2.75) is 0 Å².